The summed E-state index contributed by atoms with van der Waals surface area (Å²) in [5.74, 6) is 6.54. The Morgan fingerprint density at radius 1 is 0.660 bits per heavy atom. The van der Waals surface area contributed by atoms with Gasteiger partial charge in [0.05, 0.1) is 25.6 Å². The highest BCUT2D eigenvalue weighted by Gasteiger charge is 2.59. The number of hydrogen-bond acceptors (Lipinski definition) is 7. The molecule has 3 N–H and O–H groups in total. The monoisotopic (exact) mass is 718 g/mol. The maximum absolute atomic E-state index is 12.9. The molecule has 3 aromatic rings. The fourth-order valence-corrected chi connectivity index (χ4v) is 11.6. The number of nitrogens with one attached hydrogen (secondary N) is 3. The van der Waals surface area contributed by atoms with Crippen LogP contribution >= 0.6 is 0 Å². The second-order valence-electron chi connectivity index (χ2n) is 16.8. The summed E-state index contributed by atoms with van der Waals surface area (Å²) in [5, 5.41) is 14.2. The van der Waals surface area contributed by atoms with E-state index in [0.717, 1.165) is 71.9 Å². The third-order valence-electron chi connectivity index (χ3n) is 13.4. The first-order valence-corrected chi connectivity index (χ1v) is 19.4. The van der Waals surface area contributed by atoms with Gasteiger partial charge in [0, 0.05) is 11.1 Å². The largest absolute Gasteiger partial charge is 0.493 e. The maximum atomic E-state index is 12.9. The summed E-state index contributed by atoms with van der Waals surface area (Å²) in [5.41, 5.74) is 3.45. The predicted octanol–water partition coefficient (Wildman–Crippen LogP) is 6.92. The minimum atomic E-state index is -0.0505. The molecule has 1 aromatic heterocycles. The molecule has 278 valence electrons. The first kappa shape index (κ1) is 34.1. The van der Waals surface area contributed by atoms with E-state index in [0.29, 0.717) is 34.8 Å². The van der Waals surface area contributed by atoms with Gasteiger partial charge < -0.3 is 29.6 Å². The minimum absolute atomic E-state index is 0.00178. The Bertz CT molecular complexity index is 1790. The van der Waals surface area contributed by atoms with Crippen LogP contribution in [0.4, 0.5) is 0 Å². The number of nitrogens with zero attached hydrogens (tertiary/aromatic N) is 1. The minimum Gasteiger partial charge on any atom is -0.493 e. The summed E-state index contributed by atoms with van der Waals surface area (Å²) in [6.07, 6.45) is 20.1. The zero-order valence-corrected chi connectivity index (χ0v) is 30.7. The Morgan fingerprint density at radius 2 is 1.13 bits per heavy atom. The van der Waals surface area contributed by atoms with Crippen molar-refractivity contribution >= 4 is 36.1 Å². The van der Waals surface area contributed by atoms with Gasteiger partial charge in [-0.3, -0.25) is 14.7 Å². The standard InChI is InChI=1S/C43H50N4O6/c1-50-38-17-26(5-9-36(38)52-24-40(48)44-42-20-28-11-29(21-42)14-32(42)13-28)3-7-34-19-35(47-46-34)8-4-27-6-10-37(39(18-27)51-2)53-25-41(49)45-43-22-30-12-31(23-43)16-33(43)15-30/h3-10,17-19,28-33H,11-16,20-25H2,1-2H3,(H,44,48)(H,45,49)(H,46,47)/b7-3+,8-4+. The molecule has 2 amide bonds. The van der Waals surface area contributed by atoms with Gasteiger partial charge in [0.1, 0.15) is 0 Å². The first-order valence-electron chi connectivity index (χ1n) is 19.4. The smallest absolute Gasteiger partial charge is 0.258 e. The summed E-state index contributed by atoms with van der Waals surface area (Å²) in [6.45, 7) is -0.0472. The molecule has 8 aliphatic carbocycles. The van der Waals surface area contributed by atoms with Crippen LogP contribution in [0.2, 0.25) is 0 Å². The number of carbonyl (C=O) groups excluding carboxylic acids is 2. The molecule has 10 nitrogen and oxygen atoms in total. The molecule has 4 unspecified atom stereocenters. The molecule has 11 rings (SSSR count). The number of hydrogen-bond donors (Lipinski definition) is 3. The highest BCUT2D eigenvalue weighted by molar-refractivity contribution is 5.80. The Labute approximate surface area is 311 Å². The van der Waals surface area contributed by atoms with Gasteiger partial charge in [0.2, 0.25) is 0 Å². The van der Waals surface area contributed by atoms with E-state index in [2.05, 4.69) is 20.8 Å². The van der Waals surface area contributed by atoms with Crippen molar-refractivity contribution in [2.75, 3.05) is 27.4 Å². The quantitative estimate of drug-likeness (QED) is 0.166. The number of amides is 2. The Hall–Kier alpha value is -4.73. The number of ether oxygens (including phenoxy) is 4. The second kappa shape index (κ2) is 13.6. The molecule has 8 saturated carbocycles. The van der Waals surface area contributed by atoms with Crippen LogP contribution in [-0.2, 0) is 9.59 Å². The zero-order valence-electron chi connectivity index (χ0n) is 30.7. The molecule has 8 bridgehead atoms. The van der Waals surface area contributed by atoms with Crippen molar-refractivity contribution in [1.29, 1.82) is 0 Å². The molecule has 0 spiro atoms. The van der Waals surface area contributed by atoms with Crippen LogP contribution in [0.5, 0.6) is 23.0 Å². The lowest BCUT2D eigenvalue weighted by molar-refractivity contribution is -0.126. The molecule has 8 fully saturated rings. The van der Waals surface area contributed by atoms with Crippen molar-refractivity contribution < 1.29 is 28.5 Å². The lowest BCUT2D eigenvalue weighted by Crippen LogP contribution is -2.50. The number of aromatic amines is 1. The number of carbonyl (C=O) groups is 2. The Balaban J connectivity index is 0.765. The van der Waals surface area contributed by atoms with Crippen LogP contribution in [-0.4, -0.2) is 60.5 Å². The molecule has 2 aromatic carbocycles. The number of rotatable bonds is 14. The van der Waals surface area contributed by atoms with E-state index in [1.54, 1.807) is 14.2 Å². The predicted molar refractivity (Wildman–Crippen MR) is 202 cm³/mol. The second-order valence-corrected chi connectivity index (χ2v) is 16.8. The highest BCUT2D eigenvalue weighted by Crippen LogP contribution is 2.61. The molecule has 0 radical (unpaired) electrons. The molecule has 53 heavy (non-hydrogen) atoms. The van der Waals surface area contributed by atoms with Crippen LogP contribution < -0.4 is 29.6 Å². The molecule has 1 heterocycles. The zero-order chi connectivity index (χ0) is 36.2. The third-order valence-corrected chi connectivity index (χ3v) is 13.4. The molecule has 0 aliphatic heterocycles. The van der Waals surface area contributed by atoms with Gasteiger partial charge in [-0.1, -0.05) is 24.3 Å². The molecule has 8 aliphatic rings. The van der Waals surface area contributed by atoms with Crippen LogP contribution in [0.1, 0.15) is 86.7 Å². The first-order chi connectivity index (χ1) is 25.8. The van der Waals surface area contributed by atoms with Crippen LogP contribution in [0.3, 0.4) is 0 Å². The van der Waals surface area contributed by atoms with Crippen LogP contribution in [0.15, 0.2) is 42.5 Å². The van der Waals surface area contributed by atoms with Gasteiger partial charge >= 0.3 is 0 Å². The van der Waals surface area contributed by atoms with Gasteiger partial charge in [-0.05, 0) is 153 Å². The van der Waals surface area contributed by atoms with E-state index < -0.39 is 0 Å². The van der Waals surface area contributed by atoms with Gasteiger partial charge in [0.25, 0.3) is 11.8 Å². The van der Waals surface area contributed by atoms with Gasteiger partial charge in [-0.25, -0.2) is 0 Å². The molecule has 0 saturated heterocycles. The van der Waals surface area contributed by atoms with Crippen LogP contribution in [0, 0.1) is 35.5 Å². The van der Waals surface area contributed by atoms with E-state index in [4.69, 9.17) is 18.9 Å². The summed E-state index contributed by atoms with van der Waals surface area (Å²) >= 11 is 0. The molecular formula is C43H50N4O6. The van der Waals surface area contributed by atoms with Crippen molar-refractivity contribution in [1.82, 2.24) is 20.8 Å². The van der Waals surface area contributed by atoms with Gasteiger partial charge in [-0.15, -0.1) is 0 Å². The summed E-state index contributed by atoms with van der Waals surface area (Å²) in [6, 6.07) is 13.3. The van der Waals surface area contributed by atoms with E-state index in [1.807, 2.05) is 66.8 Å². The molecule has 10 heteroatoms. The maximum Gasteiger partial charge on any atom is 0.258 e. The van der Waals surface area contributed by atoms with E-state index in [-0.39, 0.29) is 36.1 Å². The highest BCUT2D eigenvalue weighted by atomic mass is 16.5. The average Bonchev–Trinajstić information content (AvgIpc) is 3.89. The lowest BCUT2D eigenvalue weighted by Gasteiger charge is -2.33. The van der Waals surface area contributed by atoms with Crippen LogP contribution in [0.25, 0.3) is 24.3 Å². The fraction of sp³-hybridized carbons (Fsp3) is 0.512. The van der Waals surface area contributed by atoms with Gasteiger partial charge in [0.15, 0.2) is 36.2 Å². The average molecular weight is 719 g/mol. The normalized spacial score (nSPS) is 31.5. The van der Waals surface area contributed by atoms with E-state index in [9.17, 15) is 9.59 Å². The summed E-state index contributed by atoms with van der Waals surface area (Å²) < 4.78 is 23.1. The van der Waals surface area contributed by atoms with Crippen molar-refractivity contribution in [3.8, 4) is 23.0 Å². The number of methoxy groups -OCH3 is 2. The summed E-state index contributed by atoms with van der Waals surface area (Å²) in [4.78, 5) is 25.9. The number of aromatic nitrogens is 2. The van der Waals surface area contributed by atoms with Crippen molar-refractivity contribution in [3.63, 3.8) is 0 Å². The third kappa shape index (κ3) is 6.70. The van der Waals surface area contributed by atoms with Crippen molar-refractivity contribution in [3.05, 3.63) is 65.0 Å². The van der Waals surface area contributed by atoms with Gasteiger partial charge in [-0.2, -0.15) is 5.10 Å². The topological polar surface area (TPSA) is 124 Å². The summed E-state index contributed by atoms with van der Waals surface area (Å²) in [7, 11) is 3.21. The number of H-pyrrole nitrogens is 1. The van der Waals surface area contributed by atoms with Crippen molar-refractivity contribution in [2.24, 2.45) is 35.5 Å². The van der Waals surface area contributed by atoms with E-state index >= 15 is 0 Å². The van der Waals surface area contributed by atoms with E-state index in [1.165, 1.54) is 38.5 Å². The van der Waals surface area contributed by atoms with Crippen molar-refractivity contribution in [2.45, 2.75) is 75.3 Å². The Morgan fingerprint density at radius 3 is 1.60 bits per heavy atom. The Kier molecular flexibility index (Phi) is 8.74. The number of benzene rings is 2. The molecule has 4 atom stereocenters. The fourth-order valence-electron chi connectivity index (χ4n) is 11.6. The lowest BCUT2D eigenvalue weighted by atomic mass is 9.80. The molecular weight excluding hydrogens is 668 g/mol. The SMILES string of the molecule is COc1cc(/C=C/c2cc(/C=C/c3ccc(OCC(=O)NC45CC6CC(CC4C6)C5)c(OC)c3)[nH]n2)ccc1OCC(=O)NC12CC3CC(CC1C3)C2.